The number of rotatable bonds is 6. The summed E-state index contributed by atoms with van der Waals surface area (Å²) in [6.07, 6.45) is 1.47. The van der Waals surface area contributed by atoms with Gasteiger partial charge < -0.3 is 0 Å². The van der Waals surface area contributed by atoms with Crippen LogP contribution >= 0.6 is 0 Å². The predicted molar refractivity (Wildman–Crippen MR) is 144 cm³/mol. The van der Waals surface area contributed by atoms with E-state index in [0.717, 1.165) is 18.2 Å². The van der Waals surface area contributed by atoms with Gasteiger partial charge in [-0.25, -0.2) is 22.8 Å². The van der Waals surface area contributed by atoms with E-state index in [9.17, 15) is 18.4 Å². The van der Waals surface area contributed by atoms with Gasteiger partial charge in [0.1, 0.15) is 11.6 Å². The van der Waals surface area contributed by atoms with E-state index in [2.05, 4.69) is 20.5 Å². The second-order valence-corrected chi connectivity index (χ2v) is 9.40. The Labute approximate surface area is 225 Å². The lowest BCUT2D eigenvalue weighted by Gasteiger charge is -2.12. The molecule has 3 aromatic carbocycles. The molecule has 11 heteroatoms. The van der Waals surface area contributed by atoms with Crippen molar-refractivity contribution in [2.75, 3.05) is 0 Å². The highest BCUT2D eigenvalue weighted by Crippen LogP contribution is 2.31. The van der Waals surface area contributed by atoms with Gasteiger partial charge in [0.15, 0.2) is 0 Å². The summed E-state index contributed by atoms with van der Waals surface area (Å²) in [6.45, 7) is 3.49. The molecule has 200 valence electrons. The number of aromatic amines is 2. The molecule has 0 saturated carbocycles. The van der Waals surface area contributed by atoms with Crippen LogP contribution in [-0.2, 0) is 0 Å². The second-order valence-electron chi connectivity index (χ2n) is 9.40. The summed E-state index contributed by atoms with van der Waals surface area (Å²) in [5.74, 6) is -2.50. The van der Waals surface area contributed by atoms with Crippen molar-refractivity contribution in [3.05, 3.63) is 146 Å². The molecule has 2 N–H and O–H groups in total. The maximum atomic E-state index is 14.0. The average molecular weight is 540 g/mol. The molecule has 0 saturated heterocycles. The fourth-order valence-electron chi connectivity index (χ4n) is 4.96. The molecule has 40 heavy (non-hydrogen) atoms. The smallest absolute Gasteiger partial charge is 0.275 e. The van der Waals surface area contributed by atoms with Crippen LogP contribution in [0.3, 0.4) is 0 Å². The van der Waals surface area contributed by atoms with Gasteiger partial charge in [-0.3, -0.25) is 19.8 Å². The topological polar surface area (TPSA) is 106 Å². The monoisotopic (exact) mass is 539 g/mol. The van der Waals surface area contributed by atoms with Crippen LogP contribution in [-0.4, -0.2) is 34.6 Å². The minimum atomic E-state index is -0.949. The summed E-state index contributed by atoms with van der Waals surface area (Å²) in [7, 11) is 0. The van der Waals surface area contributed by atoms with Crippen LogP contribution < -0.4 is 11.1 Å². The Morgan fingerprint density at radius 3 is 1.65 bits per heavy atom. The van der Waals surface area contributed by atoms with Crippen molar-refractivity contribution in [2.45, 2.75) is 19.8 Å². The fourth-order valence-corrected chi connectivity index (χ4v) is 4.96. The molecule has 0 radical (unpaired) electrons. The summed E-state index contributed by atoms with van der Waals surface area (Å²) in [5.41, 5.74) is 2.49. The third-order valence-corrected chi connectivity index (χ3v) is 6.76. The number of aryl methyl sites for hydroxylation is 2. The first-order chi connectivity index (χ1) is 19.3. The molecule has 9 nitrogen and oxygen atoms in total. The van der Waals surface area contributed by atoms with Gasteiger partial charge in [-0.1, -0.05) is 41.6 Å². The first kappa shape index (κ1) is 25.0. The fraction of sp³-hybridized carbons (Fsp3) is 0.103. The van der Waals surface area contributed by atoms with Gasteiger partial charge in [0.25, 0.3) is 11.1 Å². The van der Waals surface area contributed by atoms with E-state index < -0.39 is 17.6 Å². The normalized spacial score (nSPS) is 11.4. The molecular formula is C29H23F2N7O2. The molecular weight excluding hydrogens is 516 g/mol. The van der Waals surface area contributed by atoms with Crippen molar-refractivity contribution in [3.8, 4) is 17.1 Å². The van der Waals surface area contributed by atoms with Crippen LogP contribution in [0.25, 0.3) is 17.1 Å². The third-order valence-electron chi connectivity index (χ3n) is 6.76. The van der Waals surface area contributed by atoms with Crippen LogP contribution in [0.4, 0.5) is 8.78 Å². The van der Waals surface area contributed by atoms with E-state index >= 15 is 0 Å². The molecule has 0 aliphatic heterocycles. The van der Waals surface area contributed by atoms with Gasteiger partial charge in [-0.05, 0) is 50.2 Å². The number of para-hydroxylation sites is 2. The van der Waals surface area contributed by atoms with Crippen LogP contribution in [0.15, 0.2) is 94.6 Å². The van der Waals surface area contributed by atoms with Crippen LogP contribution in [0, 0.1) is 25.5 Å². The number of hydrogen-bond donors (Lipinski definition) is 2. The number of nitrogens with zero attached hydrogens (tertiary/aromatic N) is 5. The molecule has 0 atom stereocenters. The number of halogens is 2. The van der Waals surface area contributed by atoms with Gasteiger partial charge in [0.2, 0.25) is 0 Å². The zero-order chi connectivity index (χ0) is 28.0. The highest BCUT2D eigenvalue weighted by molar-refractivity contribution is 5.46. The predicted octanol–water partition coefficient (Wildman–Crippen LogP) is 4.30. The minimum absolute atomic E-state index is 0.106. The van der Waals surface area contributed by atoms with E-state index in [1.54, 1.807) is 38.1 Å². The highest BCUT2D eigenvalue weighted by Gasteiger charge is 2.33. The summed E-state index contributed by atoms with van der Waals surface area (Å²) in [5, 5.41) is 14.6. The maximum Gasteiger partial charge on any atom is 0.275 e. The summed E-state index contributed by atoms with van der Waals surface area (Å²) < 4.78 is 31.9. The Balaban J connectivity index is 1.58. The molecule has 0 aliphatic rings. The molecule has 0 amide bonds. The number of benzene rings is 3. The first-order valence-electron chi connectivity index (χ1n) is 12.4. The minimum Gasteiger partial charge on any atom is -0.295 e. The standard InChI is InChI=1S/C29H23F2N7O2/c1-17-25(28(39)37(33-17)21-9-5-3-6-10-21)27(24-16-36(35-32-24)23-14-19(30)13-20(31)15-23)26-18(2)34-38(29(26)40)22-11-7-4-8-12-22/h3-16,27,33-34H,1-2H3. The SMILES string of the molecule is Cc1[nH]n(-c2ccccc2)c(=O)c1C(c1cn(-c2cc(F)cc(F)c2)nn1)c1c(C)[nH]n(-c2ccccc2)c1=O. The van der Waals surface area contributed by atoms with Gasteiger partial charge in [0.05, 0.1) is 46.0 Å². The van der Waals surface area contributed by atoms with Crippen LogP contribution in [0.1, 0.15) is 34.1 Å². The lowest BCUT2D eigenvalue weighted by Crippen LogP contribution is -2.25. The van der Waals surface area contributed by atoms with E-state index in [0.29, 0.717) is 33.9 Å². The Morgan fingerprint density at radius 2 is 1.18 bits per heavy atom. The molecule has 0 unspecified atom stereocenters. The molecule has 0 fully saturated rings. The Morgan fingerprint density at radius 1 is 0.700 bits per heavy atom. The Kier molecular flexibility index (Phi) is 6.10. The van der Waals surface area contributed by atoms with Crippen molar-refractivity contribution < 1.29 is 8.78 Å². The summed E-state index contributed by atoms with van der Waals surface area (Å²) in [4.78, 5) is 27.8. The lowest BCUT2D eigenvalue weighted by molar-refractivity contribution is 0.579. The largest absolute Gasteiger partial charge is 0.295 e. The zero-order valence-corrected chi connectivity index (χ0v) is 21.5. The third kappa shape index (κ3) is 4.27. The van der Waals surface area contributed by atoms with Crippen LogP contribution in [0.2, 0.25) is 0 Å². The van der Waals surface area contributed by atoms with Crippen LogP contribution in [0.5, 0.6) is 0 Å². The number of hydrogen-bond acceptors (Lipinski definition) is 4. The van der Waals surface area contributed by atoms with Gasteiger partial charge in [-0.2, -0.15) is 0 Å². The molecule has 6 aromatic rings. The van der Waals surface area contributed by atoms with E-state index in [4.69, 9.17) is 0 Å². The van der Waals surface area contributed by atoms with E-state index in [-0.39, 0.29) is 22.5 Å². The molecule has 0 spiro atoms. The second kappa shape index (κ2) is 9.77. The van der Waals surface area contributed by atoms with Gasteiger partial charge in [-0.15, -0.1) is 5.10 Å². The van der Waals surface area contributed by atoms with Crippen molar-refractivity contribution in [1.82, 2.24) is 34.6 Å². The number of aromatic nitrogens is 7. The molecule has 6 rings (SSSR count). The van der Waals surface area contributed by atoms with E-state index in [1.807, 2.05) is 36.4 Å². The van der Waals surface area contributed by atoms with Crippen molar-refractivity contribution in [3.63, 3.8) is 0 Å². The molecule has 0 aliphatic carbocycles. The van der Waals surface area contributed by atoms with Crippen molar-refractivity contribution in [2.24, 2.45) is 0 Å². The zero-order valence-electron chi connectivity index (χ0n) is 21.5. The Hall–Kier alpha value is -5.32. The van der Waals surface area contributed by atoms with Gasteiger partial charge in [0, 0.05) is 17.5 Å². The first-order valence-corrected chi connectivity index (χ1v) is 12.4. The van der Waals surface area contributed by atoms with E-state index in [1.165, 1.54) is 20.2 Å². The van der Waals surface area contributed by atoms with Crippen molar-refractivity contribution in [1.29, 1.82) is 0 Å². The van der Waals surface area contributed by atoms with Crippen molar-refractivity contribution >= 4 is 0 Å². The molecule has 3 heterocycles. The lowest BCUT2D eigenvalue weighted by atomic mass is 9.89. The highest BCUT2D eigenvalue weighted by atomic mass is 19.1. The quantitative estimate of drug-likeness (QED) is 0.329. The summed E-state index contributed by atoms with van der Waals surface area (Å²) in [6, 6.07) is 21.1. The number of H-pyrrole nitrogens is 2. The van der Waals surface area contributed by atoms with Gasteiger partial charge >= 0.3 is 0 Å². The number of nitrogens with one attached hydrogen (secondary N) is 2. The Bertz CT molecular complexity index is 1830. The summed E-state index contributed by atoms with van der Waals surface area (Å²) >= 11 is 0. The average Bonchev–Trinajstić information content (AvgIpc) is 3.63. The molecule has 3 aromatic heterocycles. The maximum absolute atomic E-state index is 14.0. The molecule has 0 bridgehead atoms.